The number of benzene rings is 3. The van der Waals surface area contributed by atoms with Crippen molar-refractivity contribution in [3.05, 3.63) is 93.9 Å². The van der Waals surface area contributed by atoms with Gasteiger partial charge in [0.2, 0.25) is 0 Å². The summed E-state index contributed by atoms with van der Waals surface area (Å²) in [5.74, 6) is 0. The molecule has 0 fully saturated rings. The van der Waals surface area contributed by atoms with Gasteiger partial charge in [-0.25, -0.2) is 0 Å². The predicted molar refractivity (Wildman–Crippen MR) is 111 cm³/mol. The van der Waals surface area contributed by atoms with E-state index in [0.717, 1.165) is 4.90 Å². The second-order valence-electron chi connectivity index (χ2n) is 6.45. The first-order valence-electron chi connectivity index (χ1n) is 17.6. The fourth-order valence-electron chi connectivity index (χ4n) is 3.97. The number of nitrogens with zero attached hydrogens (tertiary/aromatic N) is 2. The van der Waals surface area contributed by atoms with E-state index in [1.165, 1.54) is 4.90 Å². The summed E-state index contributed by atoms with van der Waals surface area (Å²) in [6, 6.07) is -7.06. The normalized spacial score (nSPS) is 30.4. The zero-order valence-electron chi connectivity index (χ0n) is 32.7. The van der Waals surface area contributed by atoms with Crippen LogP contribution in [0, 0.1) is 20.6 Å². The highest BCUT2D eigenvalue weighted by Gasteiger charge is 2.45. The molecular formula is C25H22N2. The maximum absolute atomic E-state index is 9.25. The van der Waals surface area contributed by atoms with E-state index in [-0.39, 0.29) is 23.2 Å². The Balaban J connectivity index is 1.87. The van der Waals surface area contributed by atoms with Crippen molar-refractivity contribution in [1.82, 2.24) is 4.90 Å². The first-order chi connectivity index (χ1) is 21.0. The standard InChI is InChI=1S/C25H22N2/c1-15-10-11-21-20(12-15)19-9-5-8-18-13-26-14-22(27(21)25(26)24(18)19)23-16(2)6-4-7-17(23)3/h4-12,14,25H,13H2,1-3H3/i1D3,2D3,3D3,4D,5D,6D,7D,8D,9D,10D,11D,12D,14D. The number of anilines is 1. The third kappa shape index (κ3) is 1.85. The molecule has 27 heavy (non-hydrogen) atoms. The molecule has 0 spiro atoms. The second kappa shape index (κ2) is 5.04. The summed E-state index contributed by atoms with van der Waals surface area (Å²) >= 11 is 0. The Hall–Kier alpha value is -3.00. The van der Waals surface area contributed by atoms with E-state index in [0.29, 0.717) is 0 Å². The molecule has 0 N–H and O–H groups in total. The van der Waals surface area contributed by atoms with Crippen molar-refractivity contribution >= 4 is 11.4 Å². The lowest BCUT2D eigenvalue weighted by Crippen LogP contribution is -2.30. The Kier molecular flexibility index (Phi) is 1.03. The number of rotatable bonds is 1. The summed E-state index contributed by atoms with van der Waals surface area (Å²) in [5.41, 5.74) is -4.88. The molecule has 1 atom stereocenters. The monoisotopic (exact) mass is 369 g/mol. The van der Waals surface area contributed by atoms with Crippen molar-refractivity contribution < 1.29 is 26.0 Å². The van der Waals surface area contributed by atoms with Crippen molar-refractivity contribution in [2.24, 2.45) is 0 Å². The molecule has 3 aromatic carbocycles. The van der Waals surface area contributed by atoms with E-state index in [2.05, 4.69) is 0 Å². The van der Waals surface area contributed by atoms with Gasteiger partial charge < -0.3 is 9.80 Å². The van der Waals surface area contributed by atoms with Crippen molar-refractivity contribution in [2.45, 2.75) is 33.3 Å². The Morgan fingerprint density at radius 1 is 0.963 bits per heavy atom. The molecule has 3 aliphatic rings. The maximum atomic E-state index is 9.25. The molecule has 3 heterocycles. The predicted octanol–water partition coefficient (Wildman–Crippen LogP) is 5.93. The molecule has 1 unspecified atom stereocenters. The SMILES string of the molecule is [2H]C1=C(c2c(C([2H])([2H])[2H])c([2H])c([2H])c([2H])c2C([2H])([2H])[2H])N2c3c([2H])c([2H])c(C([2H])([2H])[2H])c([2H])c3-c3c([2H])c([2H])c([2H])c4c3C2N1C4. The molecular weight excluding hydrogens is 328 g/mol. The van der Waals surface area contributed by atoms with Crippen LogP contribution in [-0.4, -0.2) is 4.90 Å². The molecule has 0 bridgehead atoms. The molecule has 0 aliphatic carbocycles. The van der Waals surface area contributed by atoms with E-state index in [1.54, 1.807) is 0 Å². The molecule has 132 valence electrons. The fourth-order valence-corrected chi connectivity index (χ4v) is 3.97. The number of fused-ring (bicyclic) bond motifs is 3. The minimum Gasteiger partial charge on any atom is -0.347 e. The summed E-state index contributed by atoms with van der Waals surface area (Å²) in [5, 5.41) is 0. The summed E-state index contributed by atoms with van der Waals surface area (Å²) < 4.78 is 160. The Labute approximate surface area is 187 Å². The average molecular weight is 370 g/mol. The van der Waals surface area contributed by atoms with Gasteiger partial charge in [-0.05, 0) is 54.9 Å². The van der Waals surface area contributed by atoms with Crippen LogP contribution < -0.4 is 4.90 Å². The van der Waals surface area contributed by atoms with Crippen LogP contribution in [-0.2, 0) is 6.54 Å². The largest absolute Gasteiger partial charge is 0.347 e. The first kappa shape index (κ1) is 5.51. The molecule has 2 heteroatoms. The van der Waals surface area contributed by atoms with Gasteiger partial charge in [0.15, 0.2) is 0 Å². The number of hydrogen-bond donors (Lipinski definition) is 0. The zero-order chi connectivity index (χ0) is 34.5. The molecule has 6 rings (SSSR count). The molecule has 0 saturated carbocycles. The van der Waals surface area contributed by atoms with Crippen molar-refractivity contribution in [2.75, 3.05) is 4.90 Å². The van der Waals surface area contributed by atoms with Crippen LogP contribution >= 0.6 is 0 Å². The van der Waals surface area contributed by atoms with Gasteiger partial charge in [0, 0.05) is 41.7 Å². The van der Waals surface area contributed by atoms with E-state index in [1.807, 2.05) is 0 Å². The van der Waals surface area contributed by atoms with Crippen LogP contribution in [0.2, 0.25) is 0 Å². The molecule has 2 nitrogen and oxygen atoms in total. The van der Waals surface area contributed by atoms with Gasteiger partial charge in [0.1, 0.15) is 6.17 Å². The van der Waals surface area contributed by atoms with Gasteiger partial charge in [-0.3, -0.25) is 0 Å². The van der Waals surface area contributed by atoms with Crippen LogP contribution in [0.1, 0.15) is 65.6 Å². The summed E-state index contributed by atoms with van der Waals surface area (Å²) in [7, 11) is 0. The van der Waals surface area contributed by atoms with Gasteiger partial charge in [-0.2, -0.15) is 0 Å². The molecule has 0 saturated heterocycles. The summed E-state index contributed by atoms with van der Waals surface area (Å²) in [4.78, 5) is 2.37. The Bertz CT molecular complexity index is 1910. The molecule has 3 aliphatic heterocycles. The molecule has 0 amide bonds. The van der Waals surface area contributed by atoms with Gasteiger partial charge >= 0.3 is 0 Å². The van der Waals surface area contributed by atoms with Crippen LogP contribution in [0.15, 0.2) is 60.6 Å². The maximum Gasteiger partial charge on any atom is 0.133 e. The lowest BCUT2D eigenvalue weighted by molar-refractivity contribution is 0.334. The van der Waals surface area contributed by atoms with Gasteiger partial charge in [-0.15, -0.1) is 0 Å². The Morgan fingerprint density at radius 2 is 1.81 bits per heavy atom. The minimum absolute atomic E-state index is 0.0838. The molecule has 0 radical (unpaired) electrons. The van der Waals surface area contributed by atoms with Crippen LogP contribution in [0.4, 0.5) is 5.69 Å². The van der Waals surface area contributed by atoms with E-state index in [9.17, 15) is 1.37 Å². The van der Waals surface area contributed by atoms with Gasteiger partial charge in [0.25, 0.3) is 0 Å². The summed E-state index contributed by atoms with van der Waals surface area (Å²) in [6.45, 7) is -9.92. The molecule has 0 aromatic heterocycles. The third-order valence-electron chi connectivity index (χ3n) is 5.01. The van der Waals surface area contributed by atoms with Crippen LogP contribution in [0.25, 0.3) is 16.8 Å². The van der Waals surface area contributed by atoms with Crippen molar-refractivity contribution in [3.63, 3.8) is 0 Å². The fraction of sp³-hybridized carbons (Fsp3) is 0.200. The number of hydrogen-bond acceptors (Lipinski definition) is 2. The van der Waals surface area contributed by atoms with Gasteiger partial charge in [-0.1, -0.05) is 47.9 Å². The first-order valence-corrected chi connectivity index (χ1v) is 8.15. The highest BCUT2D eigenvalue weighted by Crippen LogP contribution is 2.57. The van der Waals surface area contributed by atoms with E-state index < -0.39 is 126 Å². The highest BCUT2D eigenvalue weighted by molar-refractivity contribution is 5.96. The lowest BCUT2D eigenvalue weighted by atomic mass is 9.88. The zero-order valence-corrected chi connectivity index (χ0v) is 13.7. The van der Waals surface area contributed by atoms with E-state index in [4.69, 9.17) is 24.7 Å². The van der Waals surface area contributed by atoms with E-state index >= 15 is 0 Å². The summed E-state index contributed by atoms with van der Waals surface area (Å²) in [6.07, 6.45) is -1.87. The highest BCUT2D eigenvalue weighted by atomic mass is 15.4. The molecule has 3 aromatic rings. The van der Waals surface area contributed by atoms with Crippen LogP contribution in [0.5, 0.6) is 0 Å². The lowest BCUT2D eigenvalue weighted by Gasteiger charge is -2.37. The smallest absolute Gasteiger partial charge is 0.133 e. The topological polar surface area (TPSA) is 6.48 Å². The van der Waals surface area contributed by atoms with Gasteiger partial charge in [0.05, 0.1) is 25.1 Å². The quantitative estimate of drug-likeness (QED) is 0.525. The van der Waals surface area contributed by atoms with Crippen molar-refractivity contribution in [1.29, 1.82) is 0 Å². The van der Waals surface area contributed by atoms with Crippen LogP contribution in [0.3, 0.4) is 0 Å². The van der Waals surface area contributed by atoms with Crippen molar-refractivity contribution in [3.8, 4) is 11.1 Å². The minimum atomic E-state index is -3.27. The Morgan fingerprint density at radius 3 is 2.63 bits per heavy atom. The second-order valence-corrected chi connectivity index (χ2v) is 6.45. The third-order valence-corrected chi connectivity index (χ3v) is 5.01. The average Bonchev–Trinajstić information content (AvgIpc) is 3.43.